The molecule has 0 aromatic heterocycles. The lowest BCUT2D eigenvalue weighted by atomic mass is 10.0. The summed E-state index contributed by atoms with van der Waals surface area (Å²) in [5.74, 6) is -4.71. The second-order valence-electron chi connectivity index (χ2n) is 17.2. The van der Waals surface area contributed by atoms with Gasteiger partial charge < -0.3 is 28.4 Å². The van der Waals surface area contributed by atoms with E-state index in [2.05, 4.69) is 13.2 Å². The molecule has 0 aliphatic carbocycles. The number of halogens is 2. The minimum Gasteiger partial charge on any atom is -0.494 e. The second kappa shape index (κ2) is 36.5. The van der Waals surface area contributed by atoms with Gasteiger partial charge in [-0.15, -0.1) is 0 Å². The van der Waals surface area contributed by atoms with Gasteiger partial charge in [0.15, 0.2) is 23.1 Å². The van der Waals surface area contributed by atoms with E-state index < -0.39 is 35.1 Å². The van der Waals surface area contributed by atoms with E-state index in [0.29, 0.717) is 50.1 Å². The normalized spacial score (nSPS) is 10.9. The summed E-state index contributed by atoms with van der Waals surface area (Å²) in [7, 11) is 0. The third-order valence-corrected chi connectivity index (χ3v) is 11.5. The van der Waals surface area contributed by atoms with Gasteiger partial charge in [-0.25, -0.2) is 28.0 Å². The quantitative estimate of drug-likeness (QED) is 0.0236. The molecular formula is C56H76F2O10. The molecule has 0 unspecified atom stereocenters. The largest absolute Gasteiger partial charge is 0.494 e. The molecule has 0 heterocycles. The average molecular weight is 947 g/mol. The molecular weight excluding hydrogens is 871 g/mol. The van der Waals surface area contributed by atoms with E-state index in [1.54, 1.807) is 24.3 Å². The zero-order chi connectivity index (χ0) is 48.9. The Hall–Kier alpha value is -5.52. The van der Waals surface area contributed by atoms with Crippen LogP contribution in [0.1, 0.15) is 188 Å². The molecule has 0 N–H and O–H groups in total. The summed E-state index contributed by atoms with van der Waals surface area (Å²) in [6.07, 6.45) is 32.4. The lowest BCUT2D eigenvalue weighted by molar-refractivity contribution is -0.138. The first kappa shape index (κ1) is 56.8. The van der Waals surface area contributed by atoms with Crippen molar-refractivity contribution in [3.05, 3.63) is 109 Å². The van der Waals surface area contributed by atoms with Crippen molar-refractivity contribution in [3.8, 4) is 23.0 Å². The predicted molar refractivity (Wildman–Crippen MR) is 263 cm³/mol. The zero-order valence-electron chi connectivity index (χ0n) is 40.4. The second-order valence-corrected chi connectivity index (χ2v) is 17.2. The van der Waals surface area contributed by atoms with Gasteiger partial charge in [-0.05, 0) is 74.2 Å². The van der Waals surface area contributed by atoms with E-state index in [1.165, 1.54) is 139 Å². The summed E-state index contributed by atoms with van der Waals surface area (Å²) in [6, 6.07) is 13.8. The van der Waals surface area contributed by atoms with E-state index in [4.69, 9.17) is 28.4 Å². The fourth-order valence-electron chi connectivity index (χ4n) is 7.50. The van der Waals surface area contributed by atoms with Crippen LogP contribution in [0.5, 0.6) is 23.0 Å². The molecule has 68 heavy (non-hydrogen) atoms. The van der Waals surface area contributed by atoms with Crippen molar-refractivity contribution in [1.29, 1.82) is 0 Å². The SMILES string of the molecule is C=CC(=O)OCCCCCCCCCCCCCCCOc1ccc(C(=O)Oc2cc(F)c(OC(=O)c3ccc(OCCCCCCCCCCCCCCCOC(=O)C=C)cc3)cc2F)cc1. The molecule has 12 heteroatoms. The number of esters is 4. The summed E-state index contributed by atoms with van der Waals surface area (Å²) in [6.45, 7) is 8.83. The molecule has 374 valence electrons. The van der Waals surface area contributed by atoms with Crippen molar-refractivity contribution in [2.24, 2.45) is 0 Å². The van der Waals surface area contributed by atoms with Crippen LogP contribution in [-0.2, 0) is 19.1 Å². The number of carbonyl (C=O) groups excluding carboxylic acids is 4. The molecule has 0 radical (unpaired) electrons. The van der Waals surface area contributed by atoms with Crippen molar-refractivity contribution in [1.82, 2.24) is 0 Å². The molecule has 0 saturated carbocycles. The Morgan fingerprint density at radius 3 is 0.897 bits per heavy atom. The smallest absolute Gasteiger partial charge is 0.343 e. The third-order valence-electron chi connectivity index (χ3n) is 11.5. The molecule has 3 aromatic carbocycles. The number of benzene rings is 3. The van der Waals surface area contributed by atoms with Crippen LogP contribution in [0.15, 0.2) is 86.0 Å². The first-order chi connectivity index (χ1) is 33.2. The Labute approximate surface area is 404 Å². The summed E-state index contributed by atoms with van der Waals surface area (Å²) in [4.78, 5) is 47.5. The molecule has 0 aliphatic rings. The first-order valence-electron chi connectivity index (χ1n) is 25.2. The van der Waals surface area contributed by atoms with E-state index in [9.17, 15) is 28.0 Å². The molecule has 0 aliphatic heterocycles. The maximum absolute atomic E-state index is 15.0. The molecule has 3 aromatic rings. The average Bonchev–Trinajstić information content (AvgIpc) is 3.35. The van der Waals surface area contributed by atoms with Crippen LogP contribution in [0.4, 0.5) is 8.78 Å². The van der Waals surface area contributed by atoms with Crippen LogP contribution in [-0.4, -0.2) is 50.3 Å². The number of ether oxygens (including phenoxy) is 6. The van der Waals surface area contributed by atoms with Gasteiger partial charge >= 0.3 is 23.9 Å². The van der Waals surface area contributed by atoms with Crippen LogP contribution in [0.2, 0.25) is 0 Å². The topological polar surface area (TPSA) is 124 Å². The fourth-order valence-corrected chi connectivity index (χ4v) is 7.50. The Morgan fingerprint density at radius 1 is 0.382 bits per heavy atom. The molecule has 0 fully saturated rings. The molecule has 0 saturated heterocycles. The van der Waals surface area contributed by atoms with Crippen LogP contribution < -0.4 is 18.9 Å². The third kappa shape index (κ3) is 26.1. The number of carbonyl (C=O) groups is 4. The maximum Gasteiger partial charge on any atom is 0.343 e. The minimum absolute atomic E-state index is 0.129. The lowest BCUT2D eigenvalue weighted by Crippen LogP contribution is -2.12. The van der Waals surface area contributed by atoms with Gasteiger partial charge in [0, 0.05) is 24.3 Å². The highest BCUT2D eigenvalue weighted by atomic mass is 19.1. The highest BCUT2D eigenvalue weighted by Crippen LogP contribution is 2.29. The van der Waals surface area contributed by atoms with Gasteiger partial charge in [-0.3, -0.25) is 0 Å². The monoisotopic (exact) mass is 947 g/mol. The standard InChI is InChI=1S/C56H76F2O10/c1-3-53(59)65-41-29-25-21-17-13-9-5-7-11-15-19-23-27-39-63-47-35-31-45(32-36-47)55(61)67-51-43-50(58)52(44-49(51)57)68-56(62)46-33-37-48(38-34-46)64-40-28-24-20-16-12-8-6-10-14-18-22-26-30-42-66-54(60)4-2/h3-4,31-38,43-44H,1-2,5-30,39-42H2. The molecule has 0 spiro atoms. The summed E-state index contributed by atoms with van der Waals surface area (Å²) in [5.41, 5.74) is 0.258. The Balaban J connectivity index is 1.20. The lowest BCUT2D eigenvalue weighted by Gasteiger charge is -2.11. The van der Waals surface area contributed by atoms with Crippen molar-refractivity contribution < 1.29 is 56.4 Å². The predicted octanol–water partition coefficient (Wildman–Crippen LogP) is 14.8. The number of rotatable bonds is 40. The van der Waals surface area contributed by atoms with Crippen molar-refractivity contribution in [3.63, 3.8) is 0 Å². The molecule has 0 atom stereocenters. The van der Waals surface area contributed by atoms with Crippen molar-refractivity contribution >= 4 is 23.9 Å². The summed E-state index contributed by atoms with van der Waals surface area (Å²) >= 11 is 0. The van der Waals surface area contributed by atoms with Gasteiger partial charge in [0.25, 0.3) is 0 Å². The summed E-state index contributed by atoms with van der Waals surface area (Å²) in [5, 5.41) is 0. The Morgan fingerprint density at radius 2 is 0.632 bits per heavy atom. The molecule has 10 nitrogen and oxygen atoms in total. The Bertz CT molecular complexity index is 1760. The Kier molecular flexibility index (Phi) is 30.5. The van der Waals surface area contributed by atoms with E-state index >= 15 is 0 Å². The summed E-state index contributed by atoms with van der Waals surface area (Å²) < 4.78 is 61.8. The fraction of sp³-hybridized carbons (Fsp3) is 0.536. The van der Waals surface area contributed by atoms with E-state index in [-0.39, 0.29) is 23.1 Å². The van der Waals surface area contributed by atoms with Gasteiger partial charge in [-0.2, -0.15) is 0 Å². The van der Waals surface area contributed by atoms with Crippen molar-refractivity contribution in [2.45, 2.75) is 167 Å². The highest BCUT2D eigenvalue weighted by molar-refractivity contribution is 5.92. The van der Waals surface area contributed by atoms with Crippen LogP contribution in [0.25, 0.3) is 0 Å². The molecule has 0 bridgehead atoms. The zero-order valence-corrected chi connectivity index (χ0v) is 40.4. The molecule has 3 rings (SSSR count). The first-order valence-corrected chi connectivity index (χ1v) is 25.2. The van der Waals surface area contributed by atoms with Crippen LogP contribution in [0, 0.1) is 11.6 Å². The van der Waals surface area contributed by atoms with E-state index in [1.807, 2.05) is 0 Å². The minimum atomic E-state index is -1.07. The maximum atomic E-state index is 15.0. The highest BCUT2D eigenvalue weighted by Gasteiger charge is 2.19. The van der Waals surface area contributed by atoms with Crippen LogP contribution >= 0.6 is 0 Å². The van der Waals surface area contributed by atoms with Gasteiger partial charge in [0.05, 0.1) is 37.6 Å². The van der Waals surface area contributed by atoms with E-state index in [0.717, 1.165) is 64.2 Å². The molecule has 0 amide bonds. The van der Waals surface area contributed by atoms with Gasteiger partial charge in [-0.1, -0.05) is 154 Å². The number of hydrogen-bond acceptors (Lipinski definition) is 10. The number of unbranched alkanes of at least 4 members (excludes halogenated alkanes) is 24. The van der Waals surface area contributed by atoms with Crippen molar-refractivity contribution in [2.75, 3.05) is 26.4 Å². The van der Waals surface area contributed by atoms with Crippen LogP contribution in [0.3, 0.4) is 0 Å². The van der Waals surface area contributed by atoms with Gasteiger partial charge in [0.2, 0.25) is 0 Å². The van der Waals surface area contributed by atoms with Gasteiger partial charge in [0.1, 0.15) is 11.5 Å². The number of hydrogen-bond donors (Lipinski definition) is 0.